The molecule has 0 saturated heterocycles. The molecule has 1 rings (SSSR count). The number of amides is 2. The summed E-state index contributed by atoms with van der Waals surface area (Å²) < 4.78 is 0. The molecule has 1 aromatic carbocycles. The third kappa shape index (κ3) is 8.00. The Morgan fingerprint density at radius 3 is 2.17 bits per heavy atom. The fourth-order valence-electron chi connectivity index (χ4n) is 1.74. The van der Waals surface area contributed by atoms with Gasteiger partial charge < -0.3 is 16.4 Å². The van der Waals surface area contributed by atoms with Gasteiger partial charge in [0.05, 0.1) is 0 Å². The van der Waals surface area contributed by atoms with Crippen molar-refractivity contribution < 1.29 is 9.59 Å². The summed E-state index contributed by atoms with van der Waals surface area (Å²) in [6, 6.07) is 7.31. The van der Waals surface area contributed by atoms with Crippen molar-refractivity contribution in [1.82, 2.24) is 10.6 Å². The molecule has 5 nitrogen and oxygen atoms in total. The van der Waals surface area contributed by atoms with Crippen LogP contribution in [0.2, 0.25) is 0 Å². The molecule has 0 aliphatic heterocycles. The summed E-state index contributed by atoms with van der Waals surface area (Å²) >= 11 is 0. The van der Waals surface area contributed by atoms with E-state index in [1.54, 1.807) is 12.1 Å². The monoisotopic (exact) mass is 341 g/mol. The van der Waals surface area contributed by atoms with E-state index in [9.17, 15) is 9.59 Å². The highest BCUT2D eigenvalue weighted by Crippen LogP contribution is 2.13. The second kappa shape index (κ2) is 9.53. The molecule has 1 aromatic rings. The van der Waals surface area contributed by atoms with Crippen molar-refractivity contribution in [3.63, 3.8) is 0 Å². The molecule has 2 amide bonds. The van der Waals surface area contributed by atoms with Crippen molar-refractivity contribution >= 4 is 24.2 Å². The molecule has 130 valence electrons. The van der Waals surface area contributed by atoms with Crippen molar-refractivity contribution in [3.05, 3.63) is 35.4 Å². The molecule has 0 aliphatic carbocycles. The third-order valence-electron chi connectivity index (χ3n) is 3.24. The Bertz CT molecular complexity index is 508. The predicted octanol–water partition coefficient (Wildman–Crippen LogP) is 2.24. The molecule has 0 aliphatic rings. The van der Waals surface area contributed by atoms with E-state index in [2.05, 4.69) is 10.6 Å². The predicted molar refractivity (Wildman–Crippen MR) is 95.6 cm³/mol. The molecule has 0 aromatic heterocycles. The van der Waals surface area contributed by atoms with E-state index in [4.69, 9.17) is 5.73 Å². The van der Waals surface area contributed by atoms with Crippen molar-refractivity contribution in [2.24, 2.45) is 11.1 Å². The standard InChI is InChI=1S/C17H27N3O2.ClH/c1-12(18)9-10-19-15(21)14-7-5-13(6-8-14)11-20-16(22)17(2,3)4;/h5-8,12H,9-11,18H2,1-4H3,(H,19,21)(H,20,22);1H. The maximum atomic E-state index is 11.9. The summed E-state index contributed by atoms with van der Waals surface area (Å²) in [6.45, 7) is 8.56. The maximum Gasteiger partial charge on any atom is 0.251 e. The second-order valence-corrected chi connectivity index (χ2v) is 6.65. The minimum absolute atomic E-state index is 0. The van der Waals surface area contributed by atoms with Crippen LogP contribution in [0.15, 0.2) is 24.3 Å². The van der Waals surface area contributed by atoms with Crippen molar-refractivity contribution in [3.8, 4) is 0 Å². The highest BCUT2D eigenvalue weighted by Gasteiger charge is 2.20. The Labute approximate surface area is 144 Å². The summed E-state index contributed by atoms with van der Waals surface area (Å²) in [5.74, 6) is -0.101. The van der Waals surface area contributed by atoms with Crippen LogP contribution in [0.25, 0.3) is 0 Å². The summed E-state index contributed by atoms with van der Waals surface area (Å²) in [6.07, 6.45) is 0.753. The van der Waals surface area contributed by atoms with Gasteiger partial charge in [-0.15, -0.1) is 12.4 Å². The largest absolute Gasteiger partial charge is 0.352 e. The van der Waals surface area contributed by atoms with E-state index in [1.165, 1.54) is 0 Å². The lowest BCUT2D eigenvalue weighted by Gasteiger charge is -2.17. The molecule has 1 unspecified atom stereocenters. The fraction of sp³-hybridized carbons (Fsp3) is 0.529. The van der Waals surface area contributed by atoms with E-state index in [-0.39, 0.29) is 30.3 Å². The van der Waals surface area contributed by atoms with Crippen LogP contribution in [0.1, 0.15) is 50.0 Å². The van der Waals surface area contributed by atoms with Gasteiger partial charge in [-0.05, 0) is 31.0 Å². The fourth-order valence-corrected chi connectivity index (χ4v) is 1.74. The van der Waals surface area contributed by atoms with Gasteiger partial charge in [-0.3, -0.25) is 9.59 Å². The molecule has 0 radical (unpaired) electrons. The van der Waals surface area contributed by atoms with Gasteiger partial charge in [0.1, 0.15) is 0 Å². The van der Waals surface area contributed by atoms with Crippen LogP contribution in [0.5, 0.6) is 0 Å². The molecule has 1 atom stereocenters. The number of hydrogen-bond acceptors (Lipinski definition) is 3. The number of carbonyl (C=O) groups is 2. The van der Waals surface area contributed by atoms with Gasteiger partial charge in [0.25, 0.3) is 5.91 Å². The van der Waals surface area contributed by atoms with Gasteiger partial charge in [0.2, 0.25) is 5.91 Å². The molecular weight excluding hydrogens is 314 g/mol. The first-order valence-corrected chi connectivity index (χ1v) is 7.61. The molecular formula is C17H28ClN3O2. The Morgan fingerprint density at radius 1 is 1.13 bits per heavy atom. The smallest absolute Gasteiger partial charge is 0.251 e. The topological polar surface area (TPSA) is 84.2 Å². The summed E-state index contributed by atoms with van der Waals surface area (Å²) in [5.41, 5.74) is 6.81. The van der Waals surface area contributed by atoms with Gasteiger partial charge in [-0.25, -0.2) is 0 Å². The first-order valence-electron chi connectivity index (χ1n) is 7.61. The van der Waals surface area contributed by atoms with Gasteiger partial charge in [0.15, 0.2) is 0 Å². The molecule has 0 heterocycles. The number of halogens is 1. The summed E-state index contributed by atoms with van der Waals surface area (Å²) in [5, 5.41) is 5.71. The number of nitrogens with one attached hydrogen (secondary N) is 2. The lowest BCUT2D eigenvalue weighted by molar-refractivity contribution is -0.128. The van der Waals surface area contributed by atoms with Crippen LogP contribution >= 0.6 is 12.4 Å². The molecule has 6 heteroatoms. The van der Waals surface area contributed by atoms with Crippen LogP contribution < -0.4 is 16.4 Å². The number of benzene rings is 1. The molecule has 0 fully saturated rings. The average Bonchev–Trinajstić information content (AvgIpc) is 2.43. The maximum absolute atomic E-state index is 11.9. The normalized spacial score (nSPS) is 12.0. The van der Waals surface area contributed by atoms with Crippen LogP contribution in [-0.4, -0.2) is 24.4 Å². The Balaban J connectivity index is 0.00000484. The zero-order valence-electron chi connectivity index (χ0n) is 14.3. The van der Waals surface area contributed by atoms with Gasteiger partial charge in [-0.2, -0.15) is 0 Å². The quantitative estimate of drug-likeness (QED) is 0.741. The number of rotatable bonds is 6. The Morgan fingerprint density at radius 2 is 1.70 bits per heavy atom. The molecule has 0 bridgehead atoms. The minimum Gasteiger partial charge on any atom is -0.352 e. The minimum atomic E-state index is -0.403. The van der Waals surface area contributed by atoms with E-state index >= 15 is 0 Å². The van der Waals surface area contributed by atoms with Gasteiger partial charge in [-0.1, -0.05) is 32.9 Å². The van der Waals surface area contributed by atoms with Crippen LogP contribution in [0, 0.1) is 5.41 Å². The SMILES string of the molecule is CC(N)CCNC(=O)c1ccc(CNC(=O)C(C)(C)C)cc1.Cl. The van der Waals surface area contributed by atoms with Gasteiger partial charge in [0, 0.05) is 30.1 Å². The average molecular weight is 342 g/mol. The number of hydrogen-bond donors (Lipinski definition) is 3. The molecule has 4 N–H and O–H groups in total. The van der Waals surface area contributed by atoms with Crippen molar-refractivity contribution in [2.75, 3.05) is 6.54 Å². The number of nitrogens with two attached hydrogens (primary N) is 1. The highest BCUT2D eigenvalue weighted by atomic mass is 35.5. The van der Waals surface area contributed by atoms with E-state index in [0.717, 1.165) is 12.0 Å². The Hall–Kier alpha value is -1.59. The third-order valence-corrected chi connectivity index (χ3v) is 3.24. The zero-order valence-corrected chi connectivity index (χ0v) is 15.1. The van der Waals surface area contributed by atoms with Crippen LogP contribution in [0.4, 0.5) is 0 Å². The first-order chi connectivity index (χ1) is 10.2. The van der Waals surface area contributed by atoms with Crippen molar-refractivity contribution in [1.29, 1.82) is 0 Å². The molecule has 0 spiro atoms. The van der Waals surface area contributed by atoms with Crippen LogP contribution in [0.3, 0.4) is 0 Å². The number of carbonyl (C=O) groups excluding carboxylic acids is 2. The zero-order chi connectivity index (χ0) is 16.8. The molecule has 0 saturated carbocycles. The second-order valence-electron chi connectivity index (χ2n) is 6.65. The van der Waals surface area contributed by atoms with E-state index in [0.29, 0.717) is 18.7 Å². The molecule has 23 heavy (non-hydrogen) atoms. The lowest BCUT2D eigenvalue weighted by atomic mass is 9.95. The Kier molecular flexibility index (Phi) is 8.87. The van der Waals surface area contributed by atoms with Crippen LogP contribution in [-0.2, 0) is 11.3 Å². The summed E-state index contributed by atoms with van der Waals surface area (Å²) in [4.78, 5) is 23.7. The van der Waals surface area contributed by atoms with E-state index < -0.39 is 5.41 Å². The van der Waals surface area contributed by atoms with E-state index in [1.807, 2.05) is 39.8 Å². The first kappa shape index (κ1) is 21.4. The lowest BCUT2D eigenvalue weighted by Crippen LogP contribution is -2.34. The van der Waals surface area contributed by atoms with Gasteiger partial charge >= 0.3 is 0 Å². The van der Waals surface area contributed by atoms with Crippen molar-refractivity contribution in [2.45, 2.75) is 46.7 Å². The highest BCUT2D eigenvalue weighted by molar-refractivity contribution is 5.94. The summed E-state index contributed by atoms with van der Waals surface area (Å²) in [7, 11) is 0.